The number of aliphatic hydroxyl groups excluding tert-OH is 1. The third-order valence-electron chi connectivity index (χ3n) is 14.5. The van der Waals surface area contributed by atoms with Crippen molar-refractivity contribution < 1.29 is 175 Å². The van der Waals surface area contributed by atoms with Crippen LogP contribution in [0.15, 0.2) is 194 Å². The molecule has 0 bridgehead atoms. The van der Waals surface area contributed by atoms with Gasteiger partial charge in [0.15, 0.2) is 0 Å². The summed E-state index contributed by atoms with van der Waals surface area (Å²) in [6, 6.07) is 54.7. The summed E-state index contributed by atoms with van der Waals surface area (Å²) < 4.78 is 117. The van der Waals surface area contributed by atoms with Crippen LogP contribution < -0.4 is 193 Å². The molecule has 4 heterocycles. The summed E-state index contributed by atoms with van der Waals surface area (Å²) in [6.07, 6.45) is 5.96. The molecule has 0 aliphatic rings. The fraction of sp³-hybridized carbons (Fsp3) is 0.0725. The van der Waals surface area contributed by atoms with Gasteiger partial charge in [-0.2, -0.15) is 59.8 Å². The van der Waals surface area contributed by atoms with Crippen LogP contribution in [0.1, 0.15) is 28.1 Å². The molecule has 12 rings (SSSR count). The molecular weight excluding hydrogens is 1580 g/mol. The Bertz CT molecular complexity index is 5340. The summed E-state index contributed by atoms with van der Waals surface area (Å²) in [4.78, 5) is 53.8. The molecule has 0 saturated carbocycles. The Morgan fingerprint density at radius 1 is 0.292 bits per heavy atom. The maximum absolute atomic E-state index is 12.2. The minimum Gasteiger partial charge on any atom is -0.740 e. The van der Waals surface area contributed by atoms with Crippen molar-refractivity contribution in [2.75, 3.05) is 84.7 Å². The molecule has 0 radical (unpaired) electrons. The third kappa shape index (κ3) is 28.3. The number of anilines is 19. The normalized spacial score (nSPS) is 11.8. The minimum absolute atomic E-state index is 0. The van der Waals surface area contributed by atoms with Gasteiger partial charge < -0.3 is 98.5 Å². The quantitative estimate of drug-likeness (QED) is 0.00936. The fourth-order valence-corrected chi connectivity index (χ4v) is 11.0. The van der Waals surface area contributed by atoms with Crippen molar-refractivity contribution in [1.82, 2.24) is 59.8 Å². The van der Waals surface area contributed by atoms with E-state index in [0.717, 1.165) is 5.69 Å². The first-order chi connectivity index (χ1) is 53.0. The van der Waals surface area contributed by atoms with Crippen molar-refractivity contribution in [1.29, 1.82) is 0 Å². The van der Waals surface area contributed by atoms with Gasteiger partial charge in [-0.1, -0.05) is 97.1 Å². The number of nitrogens with one attached hydrogen (secondary N) is 11. The molecule has 12 aromatic rings. The van der Waals surface area contributed by atoms with Crippen molar-refractivity contribution in [3.05, 3.63) is 222 Å². The number of para-hydroxylation sites is 4. The van der Waals surface area contributed by atoms with Crippen molar-refractivity contribution in [3.63, 3.8) is 0 Å². The van der Waals surface area contributed by atoms with E-state index in [4.69, 9.17) is 16.7 Å². The van der Waals surface area contributed by atoms with Crippen LogP contribution in [0.2, 0.25) is 0 Å². The molecule has 0 amide bonds. The molecule has 113 heavy (non-hydrogen) atoms. The number of benzene rings is 8. The Kier molecular flexibility index (Phi) is 35.5. The summed E-state index contributed by atoms with van der Waals surface area (Å²) in [7, 11) is 0. The number of hydrogen-bond donors (Lipinski definition) is 12. The zero-order valence-electron chi connectivity index (χ0n) is 60.5. The Balaban J connectivity index is 0.00000400. The standard InChI is InChI=1S/C69H63N23O13S4.4Na/c1-42-73-62(75-47-14-6-2-7-15-47)89-63(74-42)79-51-30-26-43(55(38-51)102-106(94)95)22-23-44-27-31-52(39-56(44)103-107(96)97)80-67-85-59(83-64(90-67)76-48-16-8-3-9-17-48)70-34-35-71-60-84-65(77-49-18-10-4-11-19-49)91-68(86-60)81-53-32-28-45(57(40-53)104-108(98)99)24-25-46-29-33-54(41-58(46)105-109(100)101)82-69-88-61(72-36-37-93)87-66(92-69)78-50-20-12-5-13-21-50;;;;/h2-33,38-41,93H,34-37H2,1H3,(H,94,95)(H,96,97)(H,98,99)(H,100,101)(H2,73,74,75,79,89)(H3,70,76,80,83,85,90)(H3,71,77,81,84,86,91)(H3,72,78,82,87,88,92);;;;/q;4*+1/p-4/b23-22+,25-24+;;;;. The zero-order chi connectivity index (χ0) is 75.9. The Morgan fingerprint density at radius 3 is 0.717 bits per heavy atom. The molecular formula is C69H59N23Na4O13S4. The second kappa shape index (κ2) is 44.9. The summed E-state index contributed by atoms with van der Waals surface area (Å²) in [5.41, 5.74) is 4.93. The Hall–Kier alpha value is -9.32. The molecule has 36 nitrogen and oxygen atoms in total. The largest absolute Gasteiger partial charge is 1.00 e. The molecule has 4 atom stereocenters. The predicted molar refractivity (Wildman–Crippen MR) is 410 cm³/mol. The van der Waals surface area contributed by atoms with Crippen LogP contribution in [0, 0.1) is 6.92 Å². The van der Waals surface area contributed by atoms with Crippen LogP contribution in [-0.4, -0.2) is 126 Å². The van der Waals surface area contributed by atoms with Crippen LogP contribution in [-0.2, 0) is 45.4 Å². The maximum Gasteiger partial charge on any atom is 1.00 e. The van der Waals surface area contributed by atoms with Crippen molar-refractivity contribution >= 4 is 181 Å². The molecule has 0 fully saturated rings. The molecule has 0 saturated heterocycles. The van der Waals surface area contributed by atoms with E-state index in [1.165, 1.54) is 60.7 Å². The summed E-state index contributed by atoms with van der Waals surface area (Å²) >= 11 is -12.2. The third-order valence-corrected chi connectivity index (χ3v) is 15.7. The summed E-state index contributed by atoms with van der Waals surface area (Å²) in [5.74, 6) is 1.05. The van der Waals surface area contributed by atoms with E-state index in [1.54, 1.807) is 67.6 Å². The van der Waals surface area contributed by atoms with Gasteiger partial charge in [0, 0.05) is 112 Å². The van der Waals surface area contributed by atoms with E-state index < -0.39 is 45.4 Å². The molecule has 0 aliphatic carbocycles. The van der Waals surface area contributed by atoms with Crippen LogP contribution in [0.4, 0.5) is 111 Å². The zero-order valence-corrected chi connectivity index (χ0v) is 71.7. The Morgan fingerprint density at radius 2 is 0.496 bits per heavy atom. The molecule has 4 aromatic heterocycles. The van der Waals surface area contributed by atoms with E-state index >= 15 is 0 Å². The minimum atomic E-state index is -3.07. The van der Waals surface area contributed by atoms with Crippen LogP contribution in [0.25, 0.3) is 24.3 Å². The van der Waals surface area contributed by atoms with Gasteiger partial charge in [0.1, 0.15) is 74.3 Å². The Labute approximate surface area is 744 Å². The average molecular weight is 1640 g/mol. The molecule has 4 unspecified atom stereocenters. The second-order valence-electron chi connectivity index (χ2n) is 22.2. The molecule has 556 valence electrons. The van der Waals surface area contributed by atoms with Gasteiger partial charge in [0.05, 0.1) is 6.61 Å². The van der Waals surface area contributed by atoms with E-state index in [2.05, 4.69) is 118 Å². The van der Waals surface area contributed by atoms with Crippen LogP contribution in [0.5, 0.6) is 23.0 Å². The first-order valence-corrected chi connectivity index (χ1v) is 36.2. The summed E-state index contributed by atoms with van der Waals surface area (Å²) in [6.45, 7) is 1.92. The topological polar surface area (TPSA) is 505 Å². The number of hydrogen-bond acceptors (Lipinski definition) is 36. The van der Waals surface area contributed by atoms with Gasteiger partial charge in [-0.15, -0.1) is 0 Å². The van der Waals surface area contributed by atoms with Gasteiger partial charge in [0.25, 0.3) is 0 Å². The van der Waals surface area contributed by atoms with Gasteiger partial charge >= 0.3 is 118 Å². The average Bonchev–Trinajstić information content (AvgIpc) is 0.827. The molecule has 0 spiro atoms. The van der Waals surface area contributed by atoms with Crippen LogP contribution in [0.3, 0.4) is 0 Å². The van der Waals surface area contributed by atoms with Gasteiger partial charge in [0.2, 0.25) is 65.4 Å². The first-order valence-electron chi connectivity index (χ1n) is 32.2. The van der Waals surface area contributed by atoms with Crippen molar-refractivity contribution in [2.45, 2.75) is 6.92 Å². The molecule has 12 N–H and O–H groups in total. The van der Waals surface area contributed by atoms with E-state index in [0.29, 0.717) is 34.3 Å². The fourth-order valence-electron chi connectivity index (χ4n) is 9.87. The monoisotopic (exact) mass is 1640 g/mol. The van der Waals surface area contributed by atoms with E-state index in [1.807, 2.05) is 97.1 Å². The second-order valence-corrected chi connectivity index (χ2v) is 24.5. The van der Waals surface area contributed by atoms with Crippen molar-refractivity contribution in [3.8, 4) is 23.0 Å². The number of rotatable bonds is 36. The smallest absolute Gasteiger partial charge is 0.740 e. The first kappa shape index (κ1) is 89.2. The number of aliphatic hydroxyl groups is 1. The number of aryl methyl sites for hydroxylation is 1. The number of aromatic nitrogens is 12. The molecule has 44 heteroatoms. The van der Waals surface area contributed by atoms with Crippen molar-refractivity contribution in [2.24, 2.45) is 0 Å². The predicted octanol–water partition coefficient (Wildman–Crippen LogP) is -1.34. The molecule has 0 aliphatic heterocycles. The van der Waals surface area contributed by atoms with Crippen LogP contribution >= 0.6 is 0 Å². The number of nitrogens with zero attached hydrogens (tertiary/aromatic N) is 12. The van der Waals surface area contributed by atoms with Gasteiger partial charge in [-0.3, -0.25) is 0 Å². The van der Waals surface area contributed by atoms with E-state index in [-0.39, 0.29) is 267 Å². The summed E-state index contributed by atoms with van der Waals surface area (Å²) in [5, 5.41) is 43.5. The molecule has 8 aromatic carbocycles. The van der Waals surface area contributed by atoms with Gasteiger partial charge in [-0.05, 0) is 104 Å². The van der Waals surface area contributed by atoms with Gasteiger partial charge in [-0.25, -0.2) is 16.8 Å². The SMILES string of the molecule is Cc1nc(Nc2ccccc2)nc(Nc2ccc(/C=C/c3ccc(Nc4nc(NCCNc5nc(Nc6ccccc6)nc(Nc6ccc(/C=C/c7ccc(Nc8nc(NCCO)nc(Nc9ccccc9)n8)cc7OS(=O)[O-])c(OS(=O)[O-])c6)n5)nc(Nc5ccccc5)n4)cc3OS(=O)[O-])c(OS(=O)[O-])c2)n1.[Na+].[Na+].[Na+].[Na+]. The van der Waals surface area contributed by atoms with E-state index in [9.17, 15) is 40.2 Å². The maximum atomic E-state index is 12.2.